The first-order chi connectivity index (χ1) is 16.3. The number of carbonyl (C=O) groups excluding carboxylic acids is 1. The average Bonchev–Trinajstić information content (AvgIpc) is 2.81. The van der Waals surface area contributed by atoms with E-state index in [0.717, 1.165) is 12.6 Å². The topological polar surface area (TPSA) is 67.3 Å². The Morgan fingerprint density at radius 2 is 1.97 bits per heavy atom. The van der Waals surface area contributed by atoms with E-state index in [0.29, 0.717) is 24.4 Å². The minimum absolute atomic E-state index is 0.0447. The highest BCUT2D eigenvalue weighted by Crippen LogP contribution is 2.39. The summed E-state index contributed by atoms with van der Waals surface area (Å²) in [5.41, 5.74) is 1.39. The van der Waals surface area contributed by atoms with Crippen LogP contribution in [-0.2, 0) is 11.2 Å². The molecule has 6 nitrogen and oxygen atoms in total. The summed E-state index contributed by atoms with van der Waals surface area (Å²) in [6.07, 6.45) is 2.01. The molecule has 0 fully saturated rings. The van der Waals surface area contributed by atoms with E-state index < -0.39 is 17.5 Å². The second kappa shape index (κ2) is 9.70. The standard InChI is InChI=1S/C25H25F3N4O2/c1-4-14(2)32-7-8-34-25-19(27)11-17(12-22(25)32)24-20(28)13-29-23(31-24)10-16-5-6-21(18(26)9-16)30-15(3)33/h5-6,9,11-14H,4,7-8,10H2,1-3H3,(H,30,33). The van der Waals surface area contributed by atoms with Gasteiger partial charge in [0.2, 0.25) is 5.91 Å². The van der Waals surface area contributed by atoms with E-state index in [4.69, 9.17) is 4.74 Å². The lowest BCUT2D eigenvalue weighted by molar-refractivity contribution is -0.114. The summed E-state index contributed by atoms with van der Waals surface area (Å²) in [7, 11) is 0. The van der Waals surface area contributed by atoms with Crippen LogP contribution >= 0.6 is 0 Å². The van der Waals surface area contributed by atoms with Gasteiger partial charge < -0.3 is 15.0 Å². The summed E-state index contributed by atoms with van der Waals surface area (Å²) >= 11 is 0. The summed E-state index contributed by atoms with van der Waals surface area (Å²) < 4.78 is 49.5. The van der Waals surface area contributed by atoms with E-state index in [2.05, 4.69) is 15.3 Å². The van der Waals surface area contributed by atoms with Crippen LogP contribution in [0.15, 0.2) is 36.5 Å². The van der Waals surface area contributed by atoms with Crippen LogP contribution in [0, 0.1) is 17.5 Å². The molecule has 1 atom stereocenters. The molecule has 9 heteroatoms. The fraction of sp³-hybridized carbons (Fsp3) is 0.320. The van der Waals surface area contributed by atoms with E-state index in [1.807, 2.05) is 18.7 Å². The molecule has 1 unspecified atom stereocenters. The quantitative estimate of drug-likeness (QED) is 0.543. The Hall–Kier alpha value is -3.62. The summed E-state index contributed by atoms with van der Waals surface area (Å²) in [5, 5.41) is 2.40. The van der Waals surface area contributed by atoms with Gasteiger partial charge in [-0.3, -0.25) is 4.79 Å². The second-order valence-electron chi connectivity index (χ2n) is 8.26. The van der Waals surface area contributed by atoms with Crippen molar-refractivity contribution in [3.8, 4) is 17.0 Å². The van der Waals surface area contributed by atoms with Crippen molar-refractivity contribution in [2.75, 3.05) is 23.4 Å². The van der Waals surface area contributed by atoms with Crippen molar-refractivity contribution in [2.24, 2.45) is 0 Å². The predicted octanol–water partition coefficient (Wildman–Crippen LogP) is 5.11. The van der Waals surface area contributed by atoms with Gasteiger partial charge in [-0.15, -0.1) is 0 Å². The highest BCUT2D eigenvalue weighted by atomic mass is 19.1. The van der Waals surface area contributed by atoms with E-state index in [9.17, 15) is 18.0 Å². The molecule has 1 N–H and O–H groups in total. The van der Waals surface area contributed by atoms with Gasteiger partial charge in [0.15, 0.2) is 17.4 Å². The molecule has 0 saturated carbocycles. The lowest BCUT2D eigenvalue weighted by Gasteiger charge is -2.36. The number of hydrogen-bond donors (Lipinski definition) is 1. The highest BCUT2D eigenvalue weighted by Gasteiger charge is 2.26. The Morgan fingerprint density at radius 1 is 1.18 bits per heavy atom. The van der Waals surface area contributed by atoms with Crippen LogP contribution in [0.1, 0.15) is 38.6 Å². The zero-order chi connectivity index (χ0) is 24.4. The smallest absolute Gasteiger partial charge is 0.221 e. The van der Waals surface area contributed by atoms with Crippen LogP contribution in [0.3, 0.4) is 0 Å². The molecule has 1 aromatic heterocycles. The van der Waals surface area contributed by atoms with Gasteiger partial charge in [-0.2, -0.15) is 0 Å². The largest absolute Gasteiger partial charge is 0.486 e. The van der Waals surface area contributed by atoms with Gasteiger partial charge in [0.1, 0.15) is 23.9 Å². The maximum Gasteiger partial charge on any atom is 0.221 e. The Labute approximate surface area is 195 Å². The molecule has 0 saturated heterocycles. The maximum absolute atomic E-state index is 14.9. The zero-order valence-corrected chi connectivity index (χ0v) is 19.2. The van der Waals surface area contributed by atoms with Crippen LogP contribution in [0.25, 0.3) is 11.3 Å². The molecule has 1 amide bonds. The Bertz CT molecular complexity index is 1240. The molecule has 3 aromatic rings. The number of aromatic nitrogens is 2. The van der Waals surface area contributed by atoms with Gasteiger partial charge >= 0.3 is 0 Å². The summed E-state index contributed by atoms with van der Waals surface area (Å²) in [4.78, 5) is 21.5. The third-order valence-electron chi connectivity index (χ3n) is 5.81. The number of carbonyl (C=O) groups is 1. The van der Waals surface area contributed by atoms with Gasteiger partial charge in [-0.05, 0) is 43.2 Å². The fourth-order valence-electron chi connectivity index (χ4n) is 3.95. The third kappa shape index (κ3) is 4.83. The molecule has 178 valence electrons. The Balaban J connectivity index is 1.67. The Kier molecular flexibility index (Phi) is 6.72. The number of ether oxygens (including phenoxy) is 1. The van der Waals surface area contributed by atoms with Crippen molar-refractivity contribution >= 4 is 17.3 Å². The van der Waals surface area contributed by atoms with Gasteiger partial charge in [0.25, 0.3) is 0 Å². The van der Waals surface area contributed by atoms with Gasteiger partial charge in [-0.1, -0.05) is 13.0 Å². The van der Waals surface area contributed by atoms with Gasteiger partial charge in [0, 0.05) is 24.9 Å². The number of anilines is 2. The van der Waals surface area contributed by atoms with E-state index >= 15 is 0 Å². The van der Waals surface area contributed by atoms with Crippen LogP contribution in [0.2, 0.25) is 0 Å². The van der Waals surface area contributed by atoms with E-state index in [-0.39, 0.29) is 46.9 Å². The lowest BCUT2D eigenvalue weighted by atomic mass is 10.1. The molecular weight excluding hydrogens is 445 g/mol. The number of rotatable bonds is 6. The summed E-state index contributed by atoms with van der Waals surface area (Å²) in [6.45, 7) is 6.35. The van der Waals surface area contributed by atoms with Crippen LogP contribution in [0.4, 0.5) is 24.5 Å². The molecule has 0 radical (unpaired) electrons. The SMILES string of the molecule is CCC(C)N1CCOc2c(F)cc(-c3nc(Cc4ccc(NC(C)=O)c(F)c4)ncc3F)cc21. The minimum atomic E-state index is -0.692. The van der Waals surface area contributed by atoms with Crippen molar-refractivity contribution in [3.05, 3.63) is 65.4 Å². The van der Waals surface area contributed by atoms with Crippen LogP contribution in [-0.4, -0.2) is 35.1 Å². The fourth-order valence-corrected chi connectivity index (χ4v) is 3.95. The maximum atomic E-state index is 14.9. The molecule has 34 heavy (non-hydrogen) atoms. The van der Waals surface area contributed by atoms with Gasteiger partial charge in [-0.25, -0.2) is 23.1 Å². The van der Waals surface area contributed by atoms with Crippen molar-refractivity contribution in [3.63, 3.8) is 0 Å². The number of hydrogen-bond acceptors (Lipinski definition) is 5. The monoisotopic (exact) mass is 470 g/mol. The second-order valence-corrected chi connectivity index (χ2v) is 8.26. The van der Waals surface area contributed by atoms with Crippen molar-refractivity contribution in [2.45, 2.75) is 39.7 Å². The molecule has 0 aliphatic carbocycles. The number of nitrogens with zero attached hydrogens (tertiary/aromatic N) is 3. The number of benzene rings is 2. The Morgan fingerprint density at radius 3 is 2.68 bits per heavy atom. The molecule has 1 aliphatic heterocycles. The first kappa shape index (κ1) is 23.5. The normalized spacial score (nSPS) is 13.8. The first-order valence-corrected chi connectivity index (χ1v) is 11.1. The van der Waals surface area contributed by atoms with Gasteiger partial charge in [0.05, 0.1) is 24.1 Å². The number of fused-ring (bicyclic) bond motifs is 1. The van der Waals surface area contributed by atoms with Crippen molar-refractivity contribution in [1.29, 1.82) is 0 Å². The predicted molar refractivity (Wildman–Crippen MR) is 123 cm³/mol. The van der Waals surface area contributed by atoms with E-state index in [1.54, 1.807) is 12.1 Å². The number of nitrogens with one attached hydrogen (secondary N) is 1. The zero-order valence-electron chi connectivity index (χ0n) is 19.2. The third-order valence-corrected chi connectivity index (χ3v) is 5.81. The molecule has 2 heterocycles. The lowest BCUT2D eigenvalue weighted by Crippen LogP contribution is -2.39. The van der Waals surface area contributed by atoms with Crippen LogP contribution in [0.5, 0.6) is 5.75 Å². The summed E-state index contributed by atoms with van der Waals surface area (Å²) in [6, 6.07) is 7.37. The average molecular weight is 470 g/mol. The van der Waals surface area contributed by atoms with Crippen molar-refractivity contribution in [1.82, 2.24) is 9.97 Å². The molecule has 0 bridgehead atoms. The first-order valence-electron chi connectivity index (χ1n) is 11.1. The number of amides is 1. The molecule has 4 rings (SSSR count). The molecule has 1 aliphatic rings. The number of halogens is 3. The minimum Gasteiger partial charge on any atom is -0.486 e. The van der Waals surface area contributed by atoms with Crippen molar-refractivity contribution < 1.29 is 22.7 Å². The van der Waals surface area contributed by atoms with Crippen LogP contribution < -0.4 is 15.0 Å². The van der Waals surface area contributed by atoms with E-state index in [1.165, 1.54) is 25.1 Å². The highest BCUT2D eigenvalue weighted by molar-refractivity contribution is 5.88. The molecular formula is C25H25F3N4O2. The molecule has 0 spiro atoms. The summed E-state index contributed by atoms with van der Waals surface area (Å²) in [5.74, 6) is -1.86. The molecule has 2 aromatic carbocycles.